The van der Waals surface area contributed by atoms with Crippen LogP contribution in [0.25, 0.3) is 0 Å². The Morgan fingerprint density at radius 3 is 2.42 bits per heavy atom. The van der Waals surface area contributed by atoms with Crippen LogP contribution >= 0.6 is 0 Å². The lowest BCUT2D eigenvalue weighted by Crippen LogP contribution is -3.15. The average molecular weight is 426 g/mol. The summed E-state index contributed by atoms with van der Waals surface area (Å²) < 4.78 is 21.4. The van der Waals surface area contributed by atoms with Gasteiger partial charge in [-0.05, 0) is 40.3 Å². The Labute approximate surface area is 182 Å². The number of tetrazole rings is 1. The summed E-state index contributed by atoms with van der Waals surface area (Å²) in [6.07, 6.45) is 0. The zero-order valence-corrected chi connectivity index (χ0v) is 18.3. The summed E-state index contributed by atoms with van der Waals surface area (Å²) in [4.78, 5) is 3.57. The summed E-state index contributed by atoms with van der Waals surface area (Å²) >= 11 is 0. The van der Waals surface area contributed by atoms with Crippen molar-refractivity contribution < 1.29 is 14.0 Å². The highest BCUT2D eigenvalue weighted by Gasteiger charge is 2.35. The van der Waals surface area contributed by atoms with Crippen molar-refractivity contribution >= 4 is 5.69 Å². The molecule has 1 aliphatic rings. The second-order valence-corrected chi connectivity index (χ2v) is 8.36. The molecule has 31 heavy (non-hydrogen) atoms. The highest BCUT2D eigenvalue weighted by atomic mass is 19.1. The fourth-order valence-electron chi connectivity index (χ4n) is 4.46. The minimum Gasteiger partial charge on any atom is -0.497 e. The SMILES string of the molecule is COc1ccc(Cn2nnnc2[C@H](C(C)C)[NH+]2CCN(c3ccccc3F)CC2)cc1. The van der Waals surface area contributed by atoms with Crippen LogP contribution in [0.5, 0.6) is 5.75 Å². The topological polar surface area (TPSA) is 60.5 Å². The Kier molecular flexibility index (Phi) is 6.46. The number of nitrogens with one attached hydrogen (secondary N) is 1. The van der Waals surface area contributed by atoms with Crippen molar-refractivity contribution in [2.24, 2.45) is 5.92 Å². The molecule has 2 aromatic carbocycles. The van der Waals surface area contributed by atoms with Crippen molar-refractivity contribution in [3.8, 4) is 5.75 Å². The molecule has 1 fully saturated rings. The zero-order chi connectivity index (χ0) is 21.8. The molecule has 0 bridgehead atoms. The molecular formula is C23H30FN6O+. The summed E-state index contributed by atoms with van der Waals surface area (Å²) in [6, 6.07) is 15.2. The molecule has 164 valence electrons. The van der Waals surface area contributed by atoms with E-state index in [4.69, 9.17) is 4.74 Å². The summed E-state index contributed by atoms with van der Waals surface area (Å²) in [6.45, 7) is 8.48. The van der Waals surface area contributed by atoms with E-state index in [9.17, 15) is 4.39 Å². The smallest absolute Gasteiger partial charge is 0.209 e. The summed E-state index contributed by atoms with van der Waals surface area (Å²) in [5, 5.41) is 12.7. The minimum absolute atomic E-state index is 0.158. The number of methoxy groups -OCH3 is 1. The molecule has 0 aliphatic carbocycles. The third kappa shape index (κ3) is 4.69. The number of hydrogen-bond donors (Lipinski definition) is 1. The summed E-state index contributed by atoms with van der Waals surface area (Å²) in [7, 11) is 1.66. The van der Waals surface area contributed by atoms with E-state index in [-0.39, 0.29) is 11.9 Å². The molecule has 1 aromatic heterocycles. The number of rotatable bonds is 7. The number of hydrogen-bond acceptors (Lipinski definition) is 5. The van der Waals surface area contributed by atoms with Gasteiger partial charge in [0.25, 0.3) is 0 Å². The van der Waals surface area contributed by atoms with Gasteiger partial charge in [-0.3, -0.25) is 0 Å². The van der Waals surface area contributed by atoms with Crippen LogP contribution in [0.3, 0.4) is 0 Å². The molecule has 0 unspecified atom stereocenters. The molecule has 0 spiro atoms. The normalized spacial score (nSPS) is 16.0. The number of anilines is 1. The number of benzene rings is 2. The van der Waals surface area contributed by atoms with Crippen LogP contribution in [0.15, 0.2) is 48.5 Å². The van der Waals surface area contributed by atoms with Crippen LogP contribution in [-0.2, 0) is 6.54 Å². The molecule has 1 N–H and O–H groups in total. The van der Waals surface area contributed by atoms with E-state index in [2.05, 4.69) is 34.3 Å². The number of para-hydroxylation sites is 1. The van der Waals surface area contributed by atoms with Crippen LogP contribution < -0.4 is 14.5 Å². The highest BCUT2D eigenvalue weighted by molar-refractivity contribution is 5.47. The number of piperazine rings is 1. The van der Waals surface area contributed by atoms with Crippen LogP contribution in [0.2, 0.25) is 0 Å². The molecular weight excluding hydrogens is 395 g/mol. The van der Waals surface area contributed by atoms with E-state index in [0.29, 0.717) is 18.2 Å². The largest absolute Gasteiger partial charge is 0.497 e. The molecule has 0 saturated carbocycles. The van der Waals surface area contributed by atoms with Crippen molar-refractivity contribution in [2.75, 3.05) is 38.2 Å². The molecule has 4 rings (SSSR count). The first kappa shape index (κ1) is 21.2. The first-order valence-electron chi connectivity index (χ1n) is 10.8. The van der Waals surface area contributed by atoms with Gasteiger partial charge in [0, 0.05) is 5.92 Å². The predicted molar refractivity (Wildman–Crippen MR) is 117 cm³/mol. The van der Waals surface area contributed by atoms with Crippen LogP contribution in [0, 0.1) is 11.7 Å². The molecule has 0 amide bonds. The van der Waals surface area contributed by atoms with Gasteiger partial charge in [0.15, 0.2) is 6.04 Å². The maximum atomic E-state index is 14.2. The predicted octanol–water partition coefficient (Wildman–Crippen LogP) is 1.97. The third-order valence-electron chi connectivity index (χ3n) is 6.03. The molecule has 8 heteroatoms. The first-order valence-corrected chi connectivity index (χ1v) is 10.8. The second-order valence-electron chi connectivity index (χ2n) is 8.36. The number of nitrogens with zero attached hydrogens (tertiary/aromatic N) is 5. The summed E-state index contributed by atoms with van der Waals surface area (Å²) in [5.74, 6) is 1.95. The van der Waals surface area contributed by atoms with E-state index in [1.54, 1.807) is 13.2 Å². The molecule has 3 aromatic rings. The van der Waals surface area contributed by atoms with E-state index in [1.807, 2.05) is 41.1 Å². The number of quaternary nitrogens is 1. The Hall–Kier alpha value is -3.00. The molecule has 1 saturated heterocycles. The Morgan fingerprint density at radius 1 is 1.06 bits per heavy atom. The van der Waals surface area contributed by atoms with Gasteiger partial charge in [0.05, 0.1) is 45.5 Å². The monoisotopic (exact) mass is 425 g/mol. The number of aromatic nitrogens is 4. The number of halogens is 1. The lowest BCUT2D eigenvalue weighted by molar-refractivity contribution is -0.937. The molecule has 1 aliphatic heterocycles. The Morgan fingerprint density at radius 2 is 1.77 bits per heavy atom. The van der Waals surface area contributed by atoms with Crippen LogP contribution in [0.1, 0.15) is 31.3 Å². The molecule has 0 radical (unpaired) electrons. The van der Waals surface area contributed by atoms with Crippen molar-refractivity contribution in [3.05, 3.63) is 65.7 Å². The van der Waals surface area contributed by atoms with Gasteiger partial charge in [-0.1, -0.05) is 38.1 Å². The third-order valence-corrected chi connectivity index (χ3v) is 6.03. The zero-order valence-electron chi connectivity index (χ0n) is 18.3. The fourth-order valence-corrected chi connectivity index (χ4v) is 4.46. The molecule has 7 nitrogen and oxygen atoms in total. The van der Waals surface area contributed by atoms with E-state index >= 15 is 0 Å². The quantitative estimate of drug-likeness (QED) is 0.627. The van der Waals surface area contributed by atoms with Crippen LogP contribution in [-0.4, -0.2) is 53.5 Å². The fraction of sp³-hybridized carbons (Fsp3) is 0.435. The summed E-state index contributed by atoms with van der Waals surface area (Å²) in [5.41, 5.74) is 1.81. The lowest BCUT2D eigenvalue weighted by Gasteiger charge is -2.38. The maximum Gasteiger partial charge on any atom is 0.209 e. The standard InChI is InChI=1S/C23H29FN6O/c1-17(2)22(29-14-12-28(13-15-29)21-7-5-4-6-20(21)24)23-25-26-27-30(23)16-18-8-10-19(31-3)11-9-18/h4-11,17,22H,12-16H2,1-3H3/p+1/t22-/m0/s1. The van der Waals surface area contributed by atoms with Gasteiger partial charge in [-0.15, -0.1) is 5.10 Å². The maximum absolute atomic E-state index is 14.2. The van der Waals surface area contributed by atoms with Crippen LogP contribution in [0.4, 0.5) is 10.1 Å². The molecule has 1 atom stereocenters. The van der Waals surface area contributed by atoms with Gasteiger partial charge in [-0.25, -0.2) is 9.07 Å². The van der Waals surface area contributed by atoms with E-state index in [1.165, 1.54) is 11.0 Å². The second kappa shape index (κ2) is 9.43. The van der Waals surface area contributed by atoms with E-state index in [0.717, 1.165) is 43.3 Å². The average Bonchev–Trinajstić information content (AvgIpc) is 3.22. The Balaban J connectivity index is 1.49. The van der Waals surface area contributed by atoms with Crippen molar-refractivity contribution in [1.82, 2.24) is 20.2 Å². The van der Waals surface area contributed by atoms with Gasteiger partial charge >= 0.3 is 0 Å². The minimum atomic E-state index is -0.158. The highest BCUT2D eigenvalue weighted by Crippen LogP contribution is 2.21. The van der Waals surface area contributed by atoms with Crippen molar-refractivity contribution in [2.45, 2.75) is 26.4 Å². The van der Waals surface area contributed by atoms with E-state index < -0.39 is 0 Å². The van der Waals surface area contributed by atoms with Crippen molar-refractivity contribution in [3.63, 3.8) is 0 Å². The number of ether oxygens (including phenoxy) is 1. The first-order chi connectivity index (χ1) is 15.1. The van der Waals surface area contributed by atoms with Gasteiger partial charge in [0.2, 0.25) is 5.82 Å². The van der Waals surface area contributed by atoms with Crippen molar-refractivity contribution in [1.29, 1.82) is 0 Å². The molecule has 2 heterocycles. The van der Waals surface area contributed by atoms with Gasteiger partial charge in [-0.2, -0.15) is 0 Å². The van der Waals surface area contributed by atoms with Gasteiger partial charge in [0.1, 0.15) is 11.6 Å². The Bertz CT molecular complexity index is 982. The lowest BCUT2D eigenvalue weighted by atomic mass is 10.0. The van der Waals surface area contributed by atoms with Gasteiger partial charge < -0.3 is 14.5 Å².